The molecular weight excluding hydrogens is 336 g/mol. The lowest BCUT2D eigenvalue weighted by Gasteiger charge is -2.46. The van der Waals surface area contributed by atoms with E-state index in [9.17, 15) is 10.1 Å². The van der Waals surface area contributed by atoms with Crippen molar-refractivity contribution in [2.45, 2.75) is 44.7 Å². The van der Waals surface area contributed by atoms with Crippen LogP contribution in [0.15, 0.2) is 42.5 Å². The average molecular weight is 357 g/mol. The van der Waals surface area contributed by atoms with Crippen LogP contribution in [0.3, 0.4) is 0 Å². The van der Waals surface area contributed by atoms with Gasteiger partial charge in [-0.3, -0.25) is 10.1 Å². The Bertz CT molecular complexity index is 791. The molecule has 1 heterocycles. The number of non-ortho nitro benzene ring substituents is 1. The van der Waals surface area contributed by atoms with Crippen LogP contribution in [0.5, 0.6) is 0 Å². The lowest BCUT2D eigenvalue weighted by atomic mass is 9.76. The highest BCUT2D eigenvalue weighted by atomic mass is 35.5. The molecule has 0 N–H and O–H groups in total. The molecule has 0 saturated heterocycles. The number of rotatable bonds is 3. The summed E-state index contributed by atoms with van der Waals surface area (Å²) in [5, 5.41) is 11.9. The molecule has 0 spiro atoms. The summed E-state index contributed by atoms with van der Waals surface area (Å²) >= 11 is 6.02. The van der Waals surface area contributed by atoms with Crippen molar-refractivity contribution in [1.29, 1.82) is 0 Å². The van der Waals surface area contributed by atoms with Crippen molar-refractivity contribution in [2.75, 3.05) is 4.90 Å². The van der Waals surface area contributed by atoms with Crippen molar-refractivity contribution in [3.8, 4) is 0 Å². The number of nitrogens with zero attached hydrogens (tertiary/aromatic N) is 2. The minimum atomic E-state index is -0.295. The van der Waals surface area contributed by atoms with Crippen LogP contribution in [0, 0.1) is 16.0 Å². The number of nitro benzene ring substituents is 1. The molecular formula is C20H21ClN2O2. The average Bonchev–Trinajstić information content (AvgIpc) is 2.62. The summed E-state index contributed by atoms with van der Waals surface area (Å²) in [6.07, 6.45) is 5.90. The predicted molar refractivity (Wildman–Crippen MR) is 100 cm³/mol. The van der Waals surface area contributed by atoms with Gasteiger partial charge in [0.1, 0.15) is 0 Å². The SMILES string of the molecule is O=[N+]([O-])c1ccc2c(c1)C[C@@H]1CCCC[C@@H]1N2Cc1ccc(Cl)cc1. The number of fused-ring (bicyclic) bond motifs is 2. The highest BCUT2D eigenvalue weighted by molar-refractivity contribution is 6.30. The van der Waals surface area contributed by atoms with E-state index >= 15 is 0 Å². The van der Waals surface area contributed by atoms with E-state index in [0.29, 0.717) is 12.0 Å². The second kappa shape index (κ2) is 6.68. The van der Waals surface area contributed by atoms with Crippen LogP contribution < -0.4 is 4.90 Å². The van der Waals surface area contributed by atoms with Gasteiger partial charge in [-0.05, 0) is 54.5 Å². The number of hydrogen-bond donors (Lipinski definition) is 0. The van der Waals surface area contributed by atoms with Gasteiger partial charge in [0.05, 0.1) is 4.92 Å². The van der Waals surface area contributed by atoms with Gasteiger partial charge in [-0.2, -0.15) is 0 Å². The molecule has 1 saturated carbocycles. The first-order chi connectivity index (χ1) is 12.1. The number of anilines is 1. The number of nitro groups is 1. The van der Waals surface area contributed by atoms with Gasteiger partial charge in [-0.15, -0.1) is 0 Å². The lowest BCUT2D eigenvalue weighted by molar-refractivity contribution is -0.384. The van der Waals surface area contributed by atoms with Crippen molar-refractivity contribution in [2.24, 2.45) is 5.92 Å². The number of hydrogen-bond acceptors (Lipinski definition) is 3. The molecule has 0 bridgehead atoms. The molecule has 1 aliphatic carbocycles. The van der Waals surface area contributed by atoms with Gasteiger partial charge in [0, 0.05) is 35.4 Å². The van der Waals surface area contributed by atoms with Gasteiger partial charge in [0.25, 0.3) is 5.69 Å². The van der Waals surface area contributed by atoms with Crippen LogP contribution in [-0.2, 0) is 13.0 Å². The highest BCUT2D eigenvalue weighted by Gasteiger charge is 2.36. The van der Waals surface area contributed by atoms with Gasteiger partial charge in [0.2, 0.25) is 0 Å². The first-order valence-corrected chi connectivity index (χ1v) is 9.28. The van der Waals surface area contributed by atoms with E-state index < -0.39 is 0 Å². The van der Waals surface area contributed by atoms with Crippen molar-refractivity contribution in [3.63, 3.8) is 0 Å². The standard InChI is InChI=1S/C20H21ClN2O2/c21-17-7-5-14(6-8-17)13-22-19-4-2-1-3-15(19)11-16-12-18(23(24)25)9-10-20(16)22/h5-10,12,15,19H,1-4,11,13H2/t15-,19-/m0/s1. The third kappa shape index (κ3) is 3.23. The largest absolute Gasteiger partial charge is 0.364 e. The van der Waals surface area contributed by atoms with Crippen LogP contribution >= 0.6 is 11.6 Å². The van der Waals surface area contributed by atoms with Crippen LogP contribution in [-0.4, -0.2) is 11.0 Å². The van der Waals surface area contributed by atoms with Gasteiger partial charge < -0.3 is 4.90 Å². The molecule has 130 valence electrons. The monoisotopic (exact) mass is 356 g/mol. The van der Waals surface area contributed by atoms with Crippen molar-refractivity contribution in [3.05, 3.63) is 68.7 Å². The molecule has 0 unspecified atom stereocenters. The zero-order valence-corrected chi connectivity index (χ0v) is 14.8. The molecule has 25 heavy (non-hydrogen) atoms. The minimum absolute atomic E-state index is 0.194. The summed E-state index contributed by atoms with van der Waals surface area (Å²) < 4.78 is 0. The van der Waals surface area contributed by atoms with Crippen LogP contribution in [0.25, 0.3) is 0 Å². The van der Waals surface area contributed by atoms with Crippen molar-refractivity contribution in [1.82, 2.24) is 0 Å². The minimum Gasteiger partial charge on any atom is -0.364 e. The van der Waals surface area contributed by atoms with E-state index in [-0.39, 0.29) is 10.6 Å². The summed E-state index contributed by atoms with van der Waals surface area (Å²) in [5.41, 5.74) is 3.69. The Morgan fingerprint density at radius 1 is 1.12 bits per heavy atom. The molecule has 2 aliphatic rings. The van der Waals surface area contributed by atoms with Crippen molar-refractivity contribution < 1.29 is 4.92 Å². The smallest absolute Gasteiger partial charge is 0.269 e. The van der Waals surface area contributed by atoms with Gasteiger partial charge in [-0.1, -0.05) is 36.6 Å². The molecule has 2 aromatic rings. The predicted octanol–water partition coefficient (Wildman–Crippen LogP) is 5.37. The number of halogens is 1. The van der Waals surface area contributed by atoms with Crippen LogP contribution in [0.2, 0.25) is 5.02 Å². The van der Waals surface area contributed by atoms with Crippen LogP contribution in [0.1, 0.15) is 36.8 Å². The fourth-order valence-corrected chi connectivity index (χ4v) is 4.54. The van der Waals surface area contributed by atoms with E-state index in [1.54, 1.807) is 12.1 Å². The summed E-state index contributed by atoms with van der Waals surface area (Å²) in [4.78, 5) is 13.3. The molecule has 0 aromatic heterocycles. The van der Waals surface area contributed by atoms with E-state index in [4.69, 9.17) is 11.6 Å². The fraction of sp³-hybridized carbons (Fsp3) is 0.400. The Morgan fingerprint density at radius 3 is 2.64 bits per heavy atom. The maximum atomic E-state index is 11.2. The Kier molecular flexibility index (Phi) is 4.38. The summed E-state index contributed by atoms with van der Waals surface area (Å²) in [6, 6.07) is 13.9. The molecule has 4 nitrogen and oxygen atoms in total. The third-order valence-corrected chi connectivity index (χ3v) is 5.85. The normalized spacial score (nSPS) is 22.2. The molecule has 0 amide bonds. The van der Waals surface area contributed by atoms with Gasteiger partial charge in [-0.25, -0.2) is 0 Å². The molecule has 2 aromatic carbocycles. The van der Waals surface area contributed by atoms with Gasteiger partial charge in [0.15, 0.2) is 0 Å². The third-order valence-electron chi connectivity index (χ3n) is 5.60. The maximum Gasteiger partial charge on any atom is 0.269 e. The zero-order valence-electron chi connectivity index (χ0n) is 14.0. The second-order valence-electron chi connectivity index (χ2n) is 7.14. The molecule has 5 heteroatoms. The van der Waals surface area contributed by atoms with E-state index in [0.717, 1.165) is 29.2 Å². The summed E-state index contributed by atoms with van der Waals surface area (Å²) in [7, 11) is 0. The Morgan fingerprint density at radius 2 is 1.88 bits per heavy atom. The highest BCUT2D eigenvalue weighted by Crippen LogP contribution is 2.42. The first-order valence-electron chi connectivity index (χ1n) is 8.90. The molecule has 4 rings (SSSR count). The lowest BCUT2D eigenvalue weighted by Crippen LogP contribution is -2.46. The van der Waals surface area contributed by atoms with Crippen molar-refractivity contribution >= 4 is 23.0 Å². The molecule has 2 atom stereocenters. The summed E-state index contributed by atoms with van der Waals surface area (Å²) in [5.74, 6) is 0.593. The second-order valence-corrected chi connectivity index (χ2v) is 7.58. The Balaban J connectivity index is 1.71. The first kappa shape index (κ1) is 16.4. The molecule has 1 aliphatic heterocycles. The quantitative estimate of drug-likeness (QED) is 0.548. The Labute approximate surface area is 152 Å². The topological polar surface area (TPSA) is 46.4 Å². The molecule has 1 fully saturated rings. The van der Waals surface area contributed by atoms with E-state index in [1.165, 1.54) is 31.2 Å². The van der Waals surface area contributed by atoms with E-state index in [1.807, 2.05) is 18.2 Å². The van der Waals surface area contributed by atoms with E-state index in [2.05, 4.69) is 17.0 Å². The zero-order chi connectivity index (χ0) is 17.4. The Hall–Kier alpha value is -2.07. The maximum absolute atomic E-state index is 11.2. The molecule has 0 radical (unpaired) electrons. The van der Waals surface area contributed by atoms with Gasteiger partial charge >= 0.3 is 0 Å². The fourth-order valence-electron chi connectivity index (χ4n) is 4.42. The number of benzene rings is 2. The van der Waals surface area contributed by atoms with Crippen LogP contribution in [0.4, 0.5) is 11.4 Å². The summed E-state index contributed by atoms with van der Waals surface area (Å²) in [6.45, 7) is 0.823.